The quantitative estimate of drug-likeness (QED) is 0.710. The number of nitrogens with one attached hydrogen (secondary N) is 1. The van der Waals surface area contributed by atoms with Crippen LogP contribution < -0.4 is 5.32 Å². The van der Waals surface area contributed by atoms with Crippen LogP contribution in [-0.4, -0.2) is 20.3 Å². The summed E-state index contributed by atoms with van der Waals surface area (Å²) in [6.07, 6.45) is 1.08. The van der Waals surface area contributed by atoms with Gasteiger partial charge in [0.05, 0.1) is 12.6 Å². The van der Waals surface area contributed by atoms with Crippen molar-refractivity contribution in [1.82, 2.24) is 5.32 Å². The monoisotopic (exact) mass is 199 g/mol. The van der Waals surface area contributed by atoms with Crippen molar-refractivity contribution in [3.8, 4) is 0 Å². The van der Waals surface area contributed by atoms with E-state index in [-0.39, 0.29) is 0 Å². The van der Waals surface area contributed by atoms with Crippen LogP contribution in [0.4, 0.5) is 0 Å². The normalized spacial score (nSPS) is 13.1. The Labute approximate surface area is 83.9 Å². The molecule has 0 bridgehead atoms. The number of hydrogen-bond donors (Lipinski definition) is 1. The molecule has 13 heavy (non-hydrogen) atoms. The van der Waals surface area contributed by atoms with Crippen LogP contribution in [0.5, 0.6) is 0 Å². The molecule has 1 aromatic heterocycles. The summed E-state index contributed by atoms with van der Waals surface area (Å²) in [5.41, 5.74) is 1.32. The summed E-state index contributed by atoms with van der Waals surface area (Å²) in [5, 5.41) is 7.50. The van der Waals surface area contributed by atoms with E-state index in [0.29, 0.717) is 6.04 Å². The smallest absolute Gasteiger partial charge is 0.0661 e. The lowest BCUT2D eigenvalue weighted by molar-refractivity contribution is 0.114. The minimum Gasteiger partial charge on any atom is -0.379 e. The van der Waals surface area contributed by atoms with Gasteiger partial charge < -0.3 is 10.1 Å². The average molecular weight is 199 g/mol. The van der Waals surface area contributed by atoms with Crippen LogP contribution in [0.2, 0.25) is 0 Å². The standard InChI is InChI=1S/C10H17NOS/c1-3-5-12-7-10(11-2)9-4-6-13-8-9/h4,6,8,10-11H,3,5,7H2,1-2H3. The first-order valence-corrected chi connectivity index (χ1v) is 5.59. The van der Waals surface area contributed by atoms with Crippen molar-refractivity contribution >= 4 is 11.3 Å². The van der Waals surface area contributed by atoms with Gasteiger partial charge in [-0.15, -0.1) is 0 Å². The molecular formula is C10H17NOS. The molecule has 0 saturated heterocycles. The van der Waals surface area contributed by atoms with Crippen LogP contribution in [0.15, 0.2) is 16.8 Å². The molecule has 1 unspecified atom stereocenters. The Morgan fingerprint density at radius 2 is 2.46 bits per heavy atom. The molecule has 1 N–H and O–H groups in total. The lowest BCUT2D eigenvalue weighted by atomic mass is 10.2. The summed E-state index contributed by atoms with van der Waals surface area (Å²) in [6, 6.07) is 2.49. The predicted molar refractivity (Wildman–Crippen MR) is 57.2 cm³/mol. The fraction of sp³-hybridized carbons (Fsp3) is 0.600. The predicted octanol–water partition coefficient (Wildman–Crippen LogP) is 2.44. The van der Waals surface area contributed by atoms with Crippen LogP contribution in [-0.2, 0) is 4.74 Å². The summed E-state index contributed by atoms with van der Waals surface area (Å²) in [4.78, 5) is 0. The number of rotatable bonds is 6. The Balaban J connectivity index is 2.35. The van der Waals surface area contributed by atoms with E-state index in [1.807, 2.05) is 7.05 Å². The molecule has 0 aliphatic heterocycles. The molecule has 0 aliphatic rings. The van der Waals surface area contributed by atoms with Gasteiger partial charge in [0.2, 0.25) is 0 Å². The Bertz CT molecular complexity index is 211. The van der Waals surface area contributed by atoms with Gasteiger partial charge in [0, 0.05) is 6.61 Å². The minimum atomic E-state index is 0.345. The fourth-order valence-electron chi connectivity index (χ4n) is 1.17. The third-order valence-electron chi connectivity index (χ3n) is 1.93. The molecule has 1 atom stereocenters. The van der Waals surface area contributed by atoms with E-state index in [9.17, 15) is 0 Å². The summed E-state index contributed by atoms with van der Waals surface area (Å²) >= 11 is 1.73. The lowest BCUT2D eigenvalue weighted by Gasteiger charge is -2.14. The average Bonchev–Trinajstić information content (AvgIpc) is 2.65. The molecule has 1 aromatic rings. The highest BCUT2D eigenvalue weighted by Crippen LogP contribution is 2.16. The maximum absolute atomic E-state index is 5.50. The second-order valence-electron chi connectivity index (χ2n) is 2.97. The maximum atomic E-state index is 5.50. The first-order chi connectivity index (χ1) is 6.38. The van der Waals surface area contributed by atoms with Gasteiger partial charge in [-0.25, -0.2) is 0 Å². The Kier molecular flexibility index (Phi) is 5.05. The number of ether oxygens (including phenoxy) is 1. The molecule has 0 fully saturated rings. The SMILES string of the molecule is CCCOCC(NC)c1ccsc1. The van der Waals surface area contributed by atoms with Gasteiger partial charge in [-0.2, -0.15) is 11.3 Å². The molecule has 0 saturated carbocycles. The molecule has 2 nitrogen and oxygen atoms in total. The van der Waals surface area contributed by atoms with Crippen LogP contribution in [0, 0.1) is 0 Å². The summed E-state index contributed by atoms with van der Waals surface area (Å²) in [5.74, 6) is 0. The molecule has 1 rings (SSSR count). The minimum absolute atomic E-state index is 0.345. The summed E-state index contributed by atoms with van der Waals surface area (Å²) in [6.45, 7) is 3.74. The van der Waals surface area contributed by atoms with E-state index < -0.39 is 0 Å². The van der Waals surface area contributed by atoms with Gasteiger partial charge in [-0.05, 0) is 35.9 Å². The Morgan fingerprint density at radius 3 is 3.00 bits per heavy atom. The second kappa shape index (κ2) is 6.13. The van der Waals surface area contributed by atoms with Gasteiger partial charge in [0.1, 0.15) is 0 Å². The Morgan fingerprint density at radius 1 is 1.62 bits per heavy atom. The molecular weight excluding hydrogens is 182 g/mol. The van der Waals surface area contributed by atoms with Gasteiger partial charge in [-0.3, -0.25) is 0 Å². The van der Waals surface area contributed by atoms with Gasteiger partial charge in [-0.1, -0.05) is 6.92 Å². The molecule has 1 heterocycles. The van der Waals surface area contributed by atoms with Crippen molar-refractivity contribution in [2.45, 2.75) is 19.4 Å². The Hall–Kier alpha value is -0.380. The van der Waals surface area contributed by atoms with Crippen LogP contribution >= 0.6 is 11.3 Å². The molecule has 0 radical (unpaired) electrons. The molecule has 74 valence electrons. The van der Waals surface area contributed by atoms with Crippen molar-refractivity contribution in [1.29, 1.82) is 0 Å². The van der Waals surface area contributed by atoms with Crippen molar-refractivity contribution < 1.29 is 4.74 Å². The molecule has 0 aliphatic carbocycles. The molecule has 0 aromatic carbocycles. The van der Waals surface area contributed by atoms with Crippen molar-refractivity contribution in [2.24, 2.45) is 0 Å². The summed E-state index contributed by atoms with van der Waals surface area (Å²) in [7, 11) is 1.97. The van der Waals surface area contributed by atoms with Gasteiger partial charge in [0.15, 0.2) is 0 Å². The van der Waals surface area contributed by atoms with Crippen molar-refractivity contribution in [3.63, 3.8) is 0 Å². The van der Waals surface area contributed by atoms with Gasteiger partial charge in [0.25, 0.3) is 0 Å². The van der Waals surface area contributed by atoms with E-state index in [1.165, 1.54) is 5.56 Å². The molecule has 0 amide bonds. The van der Waals surface area contributed by atoms with E-state index in [4.69, 9.17) is 4.74 Å². The molecule has 3 heteroatoms. The van der Waals surface area contributed by atoms with Crippen LogP contribution in [0.25, 0.3) is 0 Å². The lowest BCUT2D eigenvalue weighted by Crippen LogP contribution is -2.21. The fourth-order valence-corrected chi connectivity index (χ4v) is 1.88. The number of thiophene rings is 1. The third-order valence-corrected chi connectivity index (χ3v) is 2.63. The topological polar surface area (TPSA) is 21.3 Å². The molecule has 0 spiro atoms. The third kappa shape index (κ3) is 3.46. The van der Waals surface area contributed by atoms with E-state index in [1.54, 1.807) is 11.3 Å². The zero-order chi connectivity index (χ0) is 9.52. The van der Waals surface area contributed by atoms with Crippen molar-refractivity contribution in [2.75, 3.05) is 20.3 Å². The van der Waals surface area contributed by atoms with Crippen LogP contribution in [0.1, 0.15) is 24.9 Å². The number of likely N-dealkylation sites (N-methyl/N-ethyl adjacent to an activating group) is 1. The zero-order valence-corrected chi connectivity index (χ0v) is 9.06. The van der Waals surface area contributed by atoms with E-state index >= 15 is 0 Å². The highest BCUT2D eigenvalue weighted by molar-refractivity contribution is 7.07. The zero-order valence-electron chi connectivity index (χ0n) is 8.25. The van der Waals surface area contributed by atoms with Gasteiger partial charge >= 0.3 is 0 Å². The van der Waals surface area contributed by atoms with E-state index in [2.05, 4.69) is 29.1 Å². The van der Waals surface area contributed by atoms with Crippen LogP contribution in [0.3, 0.4) is 0 Å². The first kappa shape index (κ1) is 10.7. The summed E-state index contributed by atoms with van der Waals surface area (Å²) < 4.78 is 5.50. The highest BCUT2D eigenvalue weighted by Gasteiger charge is 2.08. The van der Waals surface area contributed by atoms with Crippen molar-refractivity contribution in [3.05, 3.63) is 22.4 Å². The largest absolute Gasteiger partial charge is 0.379 e. The van der Waals surface area contributed by atoms with E-state index in [0.717, 1.165) is 19.6 Å². The maximum Gasteiger partial charge on any atom is 0.0661 e. The highest BCUT2D eigenvalue weighted by atomic mass is 32.1. The first-order valence-electron chi connectivity index (χ1n) is 4.65. The second-order valence-corrected chi connectivity index (χ2v) is 3.75. The number of hydrogen-bond acceptors (Lipinski definition) is 3.